The van der Waals surface area contributed by atoms with Gasteiger partial charge in [-0.1, -0.05) is 36.4 Å². The fourth-order valence-corrected chi connectivity index (χ4v) is 5.52. The Balaban J connectivity index is 1.48. The molecule has 148 valence electrons. The highest BCUT2D eigenvalue weighted by Gasteiger charge is 2.29. The van der Waals surface area contributed by atoms with Gasteiger partial charge in [0.05, 0.1) is 30.7 Å². The van der Waals surface area contributed by atoms with Crippen molar-refractivity contribution in [2.24, 2.45) is 0 Å². The third-order valence-corrected chi connectivity index (χ3v) is 7.30. The molecule has 1 N–H and O–H groups in total. The van der Waals surface area contributed by atoms with Crippen LogP contribution in [0.15, 0.2) is 60.2 Å². The van der Waals surface area contributed by atoms with Crippen LogP contribution in [-0.2, 0) is 4.74 Å². The number of aromatic nitrogens is 2. The van der Waals surface area contributed by atoms with Crippen LogP contribution >= 0.6 is 22.7 Å². The van der Waals surface area contributed by atoms with E-state index in [4.69, 9.17) is 4.74 Å². The molecule has 0 bridgehead atoms. The van der Waals surface area contributed by atoms with Crippen molar-refractivity contribution in [3.8, 4) is 10.4 Å². The summed E-state index contributed by atoms with van der Waals surface area (Å²) in [4.78, 5) is 14.6. The average Bonchev–Trinajstić information content (AvgIpc) is 3.45. The SMILES string of the molecule is OC(CC1COCCN1c1ncnc2sc(-c3ccccc3)cc12)c1cccs1. The number of nitrogens with zero attached hydrogens (tertiary/aromatic N) is 3. The number of hydrogen-bond donors (Lipinski definition) is 1. The van der Waals surface area contributed by atoms with E-state index in [0.29, 0.717) is 19.6 Å². The van der Waals surface area contributed by atoms with Gasteiger partial charge in [0.1, 0.15) is 17.0 Å². The van der Waals surface area contributed by atoms with Crippen LogP contribution in [0.3, 0.4) is 0 Å². The maximum Gasteiger partial charge on any atom is 0.141 e. The Morgan fingerprint density at radius 3 is 2.90 bits per heavy atom. The van der Waals surface area contributed by atoms with Gasteiger partial charge in [-0.2, -0.15) is 0 Å². The Labute approximate surface area is 177 Å². The van der Waals surface area contributed by atoms with Gasteiger partial charge in [-0.3, -0.25) is 0 Å². The van der Waals surface area contributed by atoms with Gasteiger partial charge in [0.15, 0.2) is 0 Å². The molecule has 0 amide bonds. The fraction of sp³-hybridized carbons (Fsp3) is 0.273. The van der Waals surface area contributed by atoms with E-state index < -0.39 is 6.10 Å². The fourth-order valence-electron chi connectivity index (χ4n) is 3.80. The van der Waals surface area contributed by atoms with E-state index in [9.17, 15) is 5.11 Å². The number of ether oxygens (including phenoxy) is 1. The zero-order valence-corrected chi connectivity index (χ0v) is 17.4. The maximum absolute atomic E-state index is 10.7. The Morgan fingerprint density at radius 1 is 1.17 bits per heavy atom. The van der Waals surface area contributed by atoms with Gasteiger partial charge < -0.3 is 14.7 Å². The highest BCUT2D eigenvalue weighted by Crippen LogP contribution is 2.37. The summed E-state index contributed by atoms with van der Waals surface area (Å²) in [6.45, 7) is 2.00. The summed E-state index contributed by atoms with van der Waals surface area (Å²) in [5, 5.41) is 13.8. The smallest absolute Gasteiger partial charge is 0.141 e. The van der Waals surface area contributed by atoms with Crippen molar-refractivity contribution in [1.82, 2.24) is 9.97 Å². The Kier molecular flexibility index (Phi) is 5.28. The third kappa shape index (κ3) is 3.79. The zero-order valence-electron chi connectivity index (χ0n) is 15.8. The molecular formula is C22H21N3O2S2. The second kappa shape index (κ2) is 8.20. The topological polar surface area (TPSA) is 58.5 Å². The largest absolute Gasteiger partial charge is 0.387 e. The molecule has 1 aliphatic heterocycles. The van der Waals surface area contributed by atoms with Crippen molar-refractivity contribution in [3.05, 3.63) is 65.1 Å². The summed E-state index contributed by atoms with van der Waals surface area (Å²) < 4.78 is 5.75. The standard InChI is InChI=1S/C22H21N3O2S2/c26-18(19-7-4-10-28-19)11-16-13-27-9-8-25(16)21-17-12-20(15-5-2-1-3-6-15)29-22(17)24-14-23-21/h1-7,10,12,14,16,18,26H,8-9,11,13H2. The van der Waals surface area contributed by atoms with Gasteiger partial charge in [0.25, 0.3) is 0 Å². The molecule has 0 saturated carbocycles. The Hall–Kier alpha value is -2.32. The lowest BCUT2D eigenvalue weighted by Crippen LogP contribution is -2.46. The summed E-state index contributed by atoms with van der Waals surface area (Å²) >= 11 is 3.27. The molecule has 5 nitrogen and oxygen atoms in total. The monoisotopic (exact) mass is 423 g/mol. The summed E-state index contributed by atoms with van der Waals surface area (Å²) in [6.07, 6.45) is 1.76. The summed E-state index contributed by atoms with van der Waals surface area (Å²) in [5.41, 5.74) is 1.19. The van der Waals surface area contributed by atoms with E-state index in [-0.39, 0.29) is 6.04 Å². The number of fused-ring (bicyclic) bond motifs is 1. The van der Waals surface area contributed by atoms with Crippen molar-refractivity contribution in [1.29, 1.82) is 0 Å². The number of aliphatic hydroxyl groups excluding tert-OH is 1. The van der Waals surface area contributed by atoms with E-state index in [1.54, 1.807) is 29.0 Å². The molecular weight excluding hydrogens is 402 g/mol. The molecule has 1 aromatic carbocycles. The lowest BCUT2D eigenvalue weighted by atomic mass is 10.1. The van der Waals surface area contributed by atoms with Crippen LogP contribution in [0.2, 0.25) is 0 Å². The molecule has 2 atom stereocenters. The van der Waals surface area contributed by atoms with Crippen LogP contribution in [0.25, 0.3) is 20.7 Å². The quantitative estimate of drug-likeness (QED) is 0.502. The number of hydrogen-bond acceptors (Lipinski definition) is 7. The lowest BCUT2D eigenvalue weighted by molar-refractivity contribution is 0.0686. The maximum atomic E-state index is 10.7. The molecule has 4 heterocycles. The van der Waals surface area contributed by atoms with E-state index in [1.807, 2.05) is 23.6 Å². The molecule has 0 spiro atoms. The van der Waals surface area contributed by atoms with Gasteiger partial charge >= 0.3 is 0 Å². The van der Waals surface area contributed by atoms with Crippen LogP contribution in [0.1, 0.15) is 17.4 Å². The third-order valence-electron chi connectivity index (χ3n) is 5.23. The number of morpholine rings is 1. The summed E-state index contributed by atoms with van der Waals surface area (Å²) in [7, 11) is 0. The van der Waals surface area contributed by atoms with Crippen LogP contribution in [0, 0.1) is 0 Å². The number of aliphatic hydroxyl groups is 1. The van der Waals surface area contributed by atoms with E-state index in [2.05, 4.69) is 45.2 Å². The lowest BCUT2D eigenvalue weighted by Gasteiger charge is -2.37. The van der Waals surface area contributed by atoms with Gasteiger partial charge in [0.2, 0.25) is 0 Å². The molecule has 4 aromatic rings. The first-order chi connectivity index (χ1) is 14.3. The minimum Gasteiger partial charge on any atom is -0.387 e. The normalized spacial score (nSPS) is 18.2. The average molecular weight is 424 g/mol. The molecule has 7 heteroatoms. The summed E-state index contributed by atoms with van der Waals surface area (Å²) in [6, 6.07) is 16.6. The number of benzene rings is 1. The van der Waals surface area contributed by atoms with Crippen molar-refractivity contribution in [3.63, 3.8) is 0 Å². The Bertz CT molecular complexity index is 1080. The second-order valence-corrected chi connectivity index (χ2v) is 9.09. The first-order valence-electron chi connectivity index (χ1n) is 9.65. The highest BCUT2D eigenvalue weighted by molar-refractivity contribution is 7.21. The van der Waals surface area contributed by atoms with Gasteiger partial charge in [-0.15, -0.1) is 22.7 Å². The first-order valence-corrected chi connectivity index (χ1v) is 11.3. The van der Waals surface area contributed by atoms with E-state index in [1.165, 1.54) is 10.4 Å². The molecule has 29 heavy (non-hydrogen) atoms. The number of thiophene rings is 2. The minimum absolute atomic E-state index is 0.0685. The van der Waals surface area contributed by atoms with Crippen molar-refractivity contribution < 1.29 is 9.84 Å². The molecule has 2 unspecified atom stereocenters. The van der Waals surface area contributed by atoms with Crippen LogP contribution < -0.4 is 4.90 Å². The van der Waals surface area contributed by atoms with E-state index in [0.717, 1.165) is 27.5 Å². The summed E-state index contributed by atoms with van der Waals surface area (Å²) in [5.74, 6) is 0.931. The molecule has 5 rings (SSSR count). The predicted octanol–water partition coefficient (Wildman–Crippen LogP) is 4.75. The van der Waals surface area contributed by atoms with Crippen LogP contribution in [0.5, 0.6) is 0 Å². The molecule has 0 aliphatic carbocycles. The van der Waals surface area contributed by atoms with Crippen molar-refractivity contribution in [2.75, 3.05) is 24.7 Å². The minimum atomic E-state index is -0.496. The van der Waals surface area contributed by atoms with Crippen LogP contribution in [-0.4, -0.2) is 40.9 Å². The van der Waals surface area contributed by atoms with Gasteiger partial charge in [-0.05, 0) is 23.1 Å². The van der Waals surface area contributed by atoms with Gasteiger partial charge in [-0.25, -0.2) is 9.97 Å². The molecule has 1 fully saturated rings. The van der Waals surface area contributed by atoms with E-state index >= 15 is 0 Å². The van der Waals surface area contributed by atoms with Crippen molar-refractivity contribution in [2.45, 2.75) is 18.6 Å². The molecule has 3 aromatic heterocycles. The van der Waals surface area contributed by atoms with Crippen molar-refractivity contribution >= 4 is 38.7 Å². The second-order valence-electron chi connectivity index (χ2n) is 7.08. The predicted molar refractivity (Wildman–Crippen MR) is 119 cm³/mol. The Morgan fingerprint density at radius 2 is 2.07 bits per heavy atom. The molecule has 1 aliphatic rings. The number of anilines is 1. The zero-order chi connectivity index (χ0) is 19.6. The molecule has 1 saturated heterocycles. The van der Waals surface area contributed by atoms with Gasteiger partial charge in [0, 0.05) is 22.7 Å². The van der Waals surface area contributed by atoms with Crippen LogP contribution in [0.4, 0.5) is 5.82 Å². The molecule has 0 radical (unpaired) electrons. The number of rotatable bonds is 5. The highest BCUT2D eigenvalue weighted by atomic mass is 32.1. The first kappa shape index (κ1) is 18.7.